The molecule has 0 aromatic heterocycles. The fourth-order valence-corrected chi connectivity index (χ4v) is 7.65. The van der Waals surface area contributed by atoms with E-state index in [0.29, 0.717) is 5.17 Å². The third kappa shape index (κ3) is 17.3. The average Bonchev–Trinajstić information content (AvgIpc) is 3.24. The molecule has 0 saturated carbocycles. The van der Waals surface area contributed by atoms with Crippen LogP contribution in [0.3, 0.4) is 0 Å². The minimum Gasteiger partial charge on any atom is -0.744 e. The predicted octanol–water partition coefficient (Wildman–Crippen LogP) is -6.55. The molecule has 1 aliphatic rings. The van der Waals surface area contributed by atoms with Crippen LogP contribution in [0.2, 0.25) is 0 Å². The first-order chi connectivity index (χ1) is 30.0. The van der Waals surface area contributed by atoms with Gasteiger partial charge in [0, 0.05) is 24.3 Å². The molecule has 30 heteroatoms. The van der Waals surface area contributed by atoms with Crippen LogP contribution in [-0.2, 0) is 40.5 Å². The van der Waals surface area contributed by atoms with E-state index in [0.717, 1.165) is 66.7 Å². The van der Waals surface area contributed by atoms with Crippen molar-refractivity contribution in [1.82, 2.24) is 0 Å². The van der Waals surface area contributed by atoms with Gasteiger partial charge < -0.3 is 18.2 Å². The van der Waals surface area contributed by atoms with Gasteiger partial charge in [0.05, 0.1) is 52.1 Å². The summed E-state index contributed by atoms with van der Waals surface area (Å²) in [6.45, 7) is 0. The monoisotopic (exact) mass is 1040 g/mol. The SMILES string of the molecule is O=[N+](Nc1ccc(C=Cc2ccc(N=[N+]=C3C=CC(=NN(O)c4ccc(S(=O)(=O)[O-])cc4)C=C3)cc2S(=O)(=O)[O-])c(S(=O)(=O)[O-])c1)c1ccc(N=Nc2ccc(S(=O)(=O)[O-])cc2)cc1.[Na+].[Na+].[Na+].[Na+]. The van der Waals surface area contributed by atoms with Crippen LogP contribution < -0.4 is 129 Å². The van der Waals surface area contributed by atoms with Crippen LogP contribution in [0.1, 0.15) is 11.1 Å². The summed E-state index contributed by atoms with van der Waals surface area (Å²) in [4.78, 5) is 14.6. The minimum absolute atomic E-state index is 0. The number of nitrogens with one attached hydrogen (secondary N) is 1. The first-order valence-electron chi connectivity index (χ1n) is 17.5. The number of nitroso groups, excluding NO2 is 1. The van der Waals surface area contributed by atoms with Crippen LogP contribution in [0.25, 0.3) is 12.2 Å². The molecular formula is C38H26N8Na4O14S4+2. The topological polar surface area (TPSA) is 348 Å². The van der Waals surface area contributed by atoms with E-state index in [1.807, 2.05) is 0 Å². The molecule has 6 rings (SSSR count). The zero-order valence-electron chi connectivity index (χ0n) is 35.9. The van der Waals surface area contributed by atoms with Gasteiger partial charge in [0.25, 0.3) is 5.69 Å². The van der Waals surface area contributed by atoms with Crippen molar-refractivity contribution in [2.45, 2.75) is 19.6 Å². The summed E-state index contributed by atoms with van der Waals surface area (Å²) in [5.41, 5.74) is 2.79. The van der Waals surface area contributed by atoms with Gasteiger partial charge in [-0.15, -0.1) is 15.7 Å². The van der Waals surface area contributed by atoms with E-state index >= 15 is 0 Å². The molecular weight excluding hydrogens is 1010 g/mol. The zero-order chi connectivity index (χ0) is 46.5. The summed E-state index contributed by atoms with van der Waals surface area (Å²) in [5.74, 6) is 0. The van der Waals surface area contributed by atoms with Gasteiger partial charge in [0.15, 0.2) is 4.87 Å². The van der Waals surface area contributed by atoms with E-state index < -0.39 is 60.1 Å². The van der Waals surface area contributed by atoms with Crippen molar-refractivity contribution < 1.29 is 185 Å². The van der Waals surface area contributed by atoms with Gasteiger partial charge in [-0.2, -0.15) is 10.2 Å². The molecule has 0 heterocycles. The van der Waals surface area contributed by atoms with Crippen LogP contribution >= 0.6 is 0 Å². The molecule has 328 valence electrons. The normalized spacial score (nSPS) is 12.5. The molecule has 68 heavy (non-hydrogen) atoms. The van der Waals surface area contributed by atoms with Crippen LogP contribution in [0, 0.1) is 4.91 Å². The van der Waals surface area contributed by atoms with Gasteiger partial charge in [0.1, 0.15) is 57.0 Å². The molecule has 5 aromatic rings. The number of rotatable bonds is 14. The van der Waals surface area contributed by atoms with Gasteiger partial charge >= 0.3 is 124 Å². The van der Waals surface area contributed by atoms with Crippen molar-refractivity contribution in [3.8, 4) is 0 Å². The second-order valence-electron chi connectivity index (χ2n) is 12.8. The zero-order valence-corrected chi connectivity index (χ0v) is 47.1. The Hall–Kier alpha value is -3.23. The van der Waals surface area contributed by atoms with Crippen LogP contribution in [-0.4, -0.2) is 78.2 Å². The molecule has 1 aliphatic carbocycles. The smallest absolute Gasteiger partial charge is 0.744 e. The van der Waals surface area contributed by atoms with Crippen LogP contribution in [0.4, 0.5) is 34.1 Å². The van der Waals surface area contributed by atoms with E-state index in [2.05, 4.69) is 30.7 Å². The summed E-state index contributed by atoms with van der Waals surface area (Å²) < 4.78 is 140. The Kier molecular flexibility index (Phi) is 23.1. The van der Waals surface area contributed by atoms with E-state index in [9.17, 15) is 62.0 Å². The first-order valence-corrected chi connectivity index (χ1v) is 23.1. The van der Waals surface area contributed by atoms with Gasteiger partial charge in [-0.25, -0.2) is 33.7 Å². The number of hydrogen-bond donors (Lipinski definition) is 2. The predicted molar refractivity (Wildman–Crippen MR) is 221 cm³/mol. The molecule has 0 unspecified atom stereocenters. The number of hydrazone groups is 1. The van der Waals surface area contributed by atoms with Gasteiger partial charge in [0.2, 0.25) is 0 Å². The van der Waals surface area contributed by atoms with Crippen molar-refractivity contribution in [3.63, 3.8) is 0 Å². The van der Waals surface area contributed by atoms with Crippen LogP contribution in [0.15, 0.2) is 174 Å². The Morgan fingerprint density at radius 1 is 0.559 bits per heavy atom. The van der Waals surface area contributed by atoms with E-state index in [4.69, 9.17) is 0 Å². The van der Waals surface area contributed by atoms with Crippen LogP contribution in [0.5, 0.6) is 0 Å². The van der Waals surface area contributed by atoms with Gasteiger partial charge in [-0.1, -0.05) is 24.3 Å². The van der Waals surface area contributed by atoms with E-state index in [1.165, 1.54) is 78.9 Å². The Balaban J connectivity index is 0.00000397. The summed E-state index contributed by atoms with van der Waals surface area (Å²) in [6, 6.07) is 21.2. The summed E-state index contributed by atoms with van der Waals surface area (Å²) >= 11 is 0. The van der Waals surface area contributed by atoms with Crippen molar-refractivity contribution in [2.75, 3.05) is 10.6 Å². The van der Waals surface area contributed by atoms with Crippen molar-refractivity contribution in [3.05, 3.63) is 150 Å². The minimum atomic E-state index is -5.20. The average molecular weight is 1040 g/mol. The summed E-state index contributed by atoms with van der Waals surface area (Å²) in [7, 11) is -19.7. The van der Waals surface area contributed by atoms with E-state index in [1.54, 1.807) is 0 Å². The Morgan fingerprint density at radius 3 is 1.49 bits per heavy atom. The first kappa shape index (κ1) is 60.9. The third-order valence-corrected chi connectivity index (χ3v) is 11.9. The molecule has 0 aliphatic heterocycles. The number of anilines is 2. The fraction of sp³-hybridized carbons (Fsp3) is 0. The Morgan fingerprint density at radius 2 is 1.00 bits per heavy atom. The molecule has 0 radical (unpaired) electrons. The molecule has 0 spiro atoms. The number of hydrogen-bond acceptors (Lipinski definition) is 19. The largest absolute Gasteiger partial charge is 1.00 e. The van der Waals surface area contributed by atoms with Gasteiger partial charge in [-0.05, 0) is 108 Å². The Labute approximate surface area is 477 Å². The standard InChI is InChI=1S/C38H28N8O14S4.4Na/c47-45(34-17-21-36(22-18-34)62(52,53)54)43-30-9-7-27(8-10-30)41-42-31-5-3-25(37(23-31)63(55,56)57)1-2-26-4-6-32(24-38(26)64(58,59)60)44-46(48)33-15-11-28(12-16-33)39-40-29-13-19-35(20-14-29)61(49,50)51;;;;/h1-24,47H,(H3-,49,50,51,52,53,54,55,56,57,58,59,60);;;;/q;4*+1/p-2. The second-order valence-corrected chi connectivity index (χ2v) is 18.3. The maximum atomic E-state index is 12.9. The quantitative estimate of drug-likeness (QED) is 0.0153. The fourth-order valence-electron chi connectivity index (χ4n) is 5.32. The number of benzene rings is 5. The van der Waals surface area contributed by atoms with E-state index in [-0.39, 0.29) is 180 Å². The second kappa shape index (κ2) is 25.8. The molecule has 0 bridgehead atoms. The van der Waals surface area contributed by atoms with Crippen molar-refractivity contribution in [2.24, 2.45) is 20.4 Å². The molecule has 0 atom stereocenters. The van der Waals surface area contributed by atoms with Crippen molar-refractivity contribution >= 4 is 98.2 Å². The molecule has 0 fully saturated rings. The van der Waals surface area contributed by atoms with Gasteiger partial charge in [-0.3, -0.25) is 5.21 Å². The molecule has 22 nitrogen and oxygen atoms in total. The summed E-state index contributed by atoms with van der Waals surface area (Å²) in [6.07, 6.45) is 7.86. The number of allylic oxidation sites excluding steroid dienone is 4. The maximum absolute atomic E-state index is 12.9. The number of nitrogens with zero attached hydrogens (tertiary/aromatic N) is 7. The van der Waals surface area contributed by atoms with Crippen molar-refractivity contribution in [1.29, 1.82) is 0 Å². The molecule has 5 aromatic carbocycles. The number of hydrazine groups is 1. The third-order valence-electron chi connectivity index (χ3n) is 8.41. The maximum Gasteiger partial charge on any atom is 1.00 e. The Bertz CT molecular complexity index is 3350. The molecule has 0 amide bonds. The summed E-state index contributed by atoms with van der Waals surface area (Å²) in [5, 5.41) is 26.5. The number of azo groups is 1. The molecule has 0 saturated heterocycles. The molecule has 2 N–H and O–H groups in total.